The summed E-state index contributed by atoms with van der Waals surface area (Å²) < 4.78 is 65.2. The molecule has 2 rings (SSSR count). The molecule has 0 aliphatic carbocycles. The van der Waals surface area contributed by atoms with E-state index in [1.54, 1.807) is 0 Å². The summed E-state index contributed by atoms with van der Waals surface area (Å²) in [7, 11) is 0. The molecule has 0 aliphatic rings. The Bertz CT molecular complexity index is 619. The van der Waals surface area contributed by atoms with Crippen LogP contribution in [0.1, 0.15) is 5.56 Å². The lowest BCUT2D eigenvalue weighted by molar-refractivity contribution is -0.137. The van der Waals surface area contributed by atoms with Crippen molar-refractivity contribution in [2.45, 2.75) is 6.18 Å². The first-order valence-corrected chi connectivity index (χ1v) is 5.82. The molecule has 0 amide bonds. The van der Waals surface area contributed by atoms with E-state index in [4.69, 9.17) is 0 Å². The molecule has 0 aliphatic heterocycles. The van der Waals surface area contributed by atoms with Gasteiger partial charge in [-0.3, -0.25) is 0 Å². The molecule has 0 spiro atoms. The Morgan fingerprint density at radius 3 is 2.26 bits per heavy atom. The third kappa shape index (κ3) is 2.94. The van der Waals surface area contributed by atoms with Gasteiger partial charge in [-0.2, -0.15) is 13.2 Å². The second-order valence-corrected chi connectivity index (χ2v) is 4.65. The van der Waals surface area contributed by atoms with Gasteiger partial charge in [0.1, 0.15) is 11.6 Å². The summed E-state index contributed by atoms with van der Waals surface area (Å²) in [5.41, 5.74) is -1.80. The molecule has 2 aromatic rings. The minimum absolute atomic E-state index is 0.247. The molecule has 0 atom stereocenters. The van der Waals surface area contributed by atoms with Crippen LogP contribution in [0.15, 0.2) is 34.8 Å². The highest BCUT2D eigenvalue weighted by atomic mass is 79.9. The van der Waals surface area contributed by atoms with Crippen LogP contribution >= 0.6 is 15.9 Å². The standard InChI is InChI=1S/C13H5BrF5/c14-8-2-3-9(12(16)6-8)10-5-7(13(17,18)19)1-4-11(10)15/h1-3,5-6H. The maximum absolute atomic E-state index is 13.7. The second kappa shape index (κ2) is 4.92. The SMILES string of the molecule is Fc1[c]cc(C(F)(F)F)cc1-c1ccc(Br)cc1F. The third-order valence-corrected chi connectivity index (χ3v) is 2.93. The van der Waals surface area contributed by atoms with Crippen LogP contribution in [0.2, 0.25) is 0 Å². The summed E-state index contributed by atoms with van der Waals surface area (Å²) in [6.07, 6.45) is -4.63. The average molecular weight is 336 g/mol. The van der Waals surface area contributed by atoms with Crippen molar-refractivity contribution in [1.29, 1.82) is 0 Å². The zero-order valence-corrected chi connectivity index (χ0v) is 10.7. The first-order chi connectivity index (χ1) is 8.79. The molecule has 6 heteroatoms. The predicted octanol–water partition coefficient (Wildman–Crippen LogP) is 5.21. The molecule has 0 aromatic heterocycles. The largest absolute Gasteiger partial charge is 0.416 e. The molecule has 0 unspecified atom stereocenters. The normalized spacial score (nSPS) is 11.7. The van der Waals surface area contributed by atoms with Gasteiger partial charge in [0.05, 0.1) is 5.56 Å². The van der Waals surface area contributed by atoms with Crippen molar-refractivity contribution in [2.75, 3.05) is 0 Å². The van der Waals surface area contributed by atoms with Gasteiger partial charge in [-0.05, 0) is 24.3 Å². The number of rotatable bonds is 1. The molecule has 0 saturated carbocycles. The molecule has 99 valence electrons. The van der Waals surface area contributed by atoms with E-state index in [0.717, 1.165) is 6.07 Å². The number of alkyl halides is 3. The van der Waals surface area contributed by atoms with Crippen LogP contribution < -0.4 is 0 Å². The Morgan fingerprint density at radius 2 is 1.68 bits per heavy atom. The van der Waals surface area contributed by atoms with Crippen LogP contribution in [0.25, 0.3) is 11.1 Å². The quantitative estimate of drug-likeness (QED) is 0.627. The van der Waals surface area contributed by atoms with E-state index in [0.29, 0.717) is 16.6 Å². The van der Waals surface area contributed by atoms with Crippen molar-refractivity contribution in [2.24, 2.45) is 0 Å². The van der Waals surface area contributed by atoms with E-state index in [1.807, 2.05) is 6.07 Å². The molecular weight excluding hydrogens is 331 g/mol. The fraction of sp³-hybridized carbons (Fsp3) is 0.0769. The first kappa shape index (κ1) is 14.0. The van der Waals surface area contributed by atoms with Gasteiger partial charge in [0.25, 0.3) is 0 Å². The molecule has 0 nitrogen and oxygen atoms in total. The number of hydrogen-bond acceptors (Lipinski definition) is 0. The van der Waals surface area contributed by atoms with Crippen molar-refractivity contribution in [3.8, 4) is 11.1 Å². The van der Waals surface area contributed by atoms with Crippen molar-refractivity contribution in [1.82, 2.24) is 0 Å². The lowest BCUT2D eigenvalue weighted by Crippen LogP contribution is -2.05. The van der Waals surface area contributed by atoms with E-state index in [1.165, 1.54) is 12.1 Å². The smallest absolute Gasteiger partial charge is 0.206 e. The molecule has 0 N–H and O–H groups in total. The summed E-state index contributed by atoms with van der Waals surface area (Å²) in [6.45, 7) is 0. The summed E-state index contributed by atoms with van der Waals surface area (Å²) in [5, 5.41) is 0. The van der Waals surface area contributed by atoms with E-state index >= 15 is 0 Å². The highest BCUT2D eigenvalue weighted by Crippen LogP contribution is 2.34. The third-order valence-electron chi connectivity index (χ3n) is 2.44. The summed E-state index contributed by atoms with van der Waals surface area (Å²) >= 11 is 3.01. The highest BCUT2D eigenvalue weighted by molar-refractivity contribution is 9.10. The molecule has 1 radical (unpaired) electrons. The van der Waals surface area contributed by atoms with Gasteiger partial charge in [-0.1, -0.05) is 22.0 Å². The van der Waals surface area contributed by atoms with Crippen molar-refractivity contribution in [3.63, 3.8) is 0 Å². The van der Waals surface area contributed by atoms with Crippen molar-refractivity contribution in [3.05, 3.63) is 58.1 Å². The summed E-state index contributed by atoms with van der Waals surface area (Å²) in [4.78, 5) is 0. The molecule has 0 heterocycles. The molecular formula is C13H5BrF5. The minimum atomic E-state index is -4.63. The monoisotopic (exact) mass is 335 g/mol. The number of benzene rings is 2. The van der Waals surface area contributed by atoms with Gasteiger partial charge in [0.2, 0.25) is 0 Å². The van der Waals surface area contributed by atoms with Gasteiger partial charge in [0, 0.05) is 21.7 Å². The van der Waals surface area contributed by atoms with E-state index in [2.05, 4.69) is 15.9 Å². The van der Waals surface area contributed by atoms with E-state index < -0.39 is 28.9 Å². The van der Waals surface area contributed by atoms with Crippen molar-refractivity contribution < 1.29 is 22.0 Å². The van der Waals surface area contributed by atoms with Gasteiger partial charge in [0.15, 0.2) is 0 Å². The van der Waals surface area contributed by atoms with Crippen LogP contribution in [0.5, 0.6) is 0 Å². The number of halogens is 6. The molecule has 0 fully saturated rings. The van der Waals surface area contributed by atoms with Gasteiger partial charge >= 0.3 is 6.18 Å². The fourth-order valence-electron chi connectivity index (χ4n) is 1.55. The van der Waals surface area contributed by atoms with Crippen LogP contribution in [0.3, 0.4) is 0 Å². The Morgan fingerprint density at radius 1 is 1.00 bits per heavy atom. The Balaban J connectivity index is 2.61. The van der Waals surface area contributed by atoms with Crippen LogP contribution in [0, 0.1) is 17.7 Å². The maximum Gasteiger partial charge on any atom is 0.416 e. The lowest BCUT2D eigenvalue weighted by Gasteiger charge is -2.10. The first-order valence-electron chi connectivity index (χ1n) is 5.03. The predicted molar refractivity (Wildman–Crippen MR) is 63.3 cm³/mol. The van der Waals surface area contributed by atoms with E-state index in [9.17, 15) is 22.0 Å². The molecule has 2 aromatic carbocycles. The summed E-state index contributed by atoms with van der Waals surface area (Å²) in [5.74, 6) is -1.85. The summed E-state index contributed by atoms with van der Waals surface area (Å²) in [6, 6.07) is 6.58. The maximum atomic E-state index is 13.7. The van der Waals surface area contributed by atoms with Crippen LogP contribution in [-0.4, -0.2) is 0 Å². The molecule has 0 bridgehead atoms. The zero-order valence-electron chi connectivity index (χ0n) is 9.15. The molecule has 0 saturated heterocycles. The fourth-order valence-corrected chi connectivity index (χ4v) is 1.88. The molecule has 19 heavy (non-hydrogen) atoms. The highest BCUT2D eigenvalue weighted by Gasteiger charge is 2.31. The Hall–Kier alpha value is -1.43. The Kier molecular flexibility index (Phi) is 3.62. The Labute approximate surface area is 114 Å². The minimum Gasteiger partial charge on any atom is -0.206 e. The van der Waals surface area contributed by atoms with Gasteiger partial charge < -0.3 is 0 Å². The van der Waals surface area contributed by atoms with Gasteiger partial charge in [-0.25, -0.2) is 8.78 Å². The van der Waals surface area contributed by atoms with Gasteiger partial charge in [-0.15, -0.1) is 0 Å². The second-order valence-electron chi connectivity index (χ2n) is 3.74. The van der Waals surface area contributed by atoms with Crippen LogP contribution in [-0.2, 0) is 6.18 Å². The van der Waals surface area contributed by atoms with Crippen molar-refractivity contribution >= 4 is 15.9 Å². The number of hydrogen-bond donors (Lipinski definition) is 0. The van der Waals surface area contributed by atoms with E-state index in [-0.39, 0.29) is 5.56 Å². The average Bonchev–Trinajstić information content (AvgIpc) is 2.29. The van der Waals surface area contributed by atoms with Crippen LogP contribution in [0.4, 0.5) is 22.0 Å². The zero-order chi connectivity index (χ0) is 14.2. The topological polar surface area (TPSA) is 0 Å². The lowest BCUT2D eigenvalue weighted by atomic mass is 10.0.